The van der Waals surface area contributed by atoms with Crippen molar-refractivity contribution >= 4 is 31.9 Å². The first-order valence-electron chi connectivity index (χ1n) is 3.46. The van der Waals surface area contributed by atoms with Crippen molar-refractivity contribution in [2.45, 2.75) is 6.43 Å². The van der Waals surface area contributed by atoms with E-state index in [1.807, 2.05) is 0 Å². The molecule has 1 nitrogen and oxygen atoms in total. The molecule has 0 atom stereocenters. The molecule has 0 aliphatic heterocycles. The lowest BCUT2D eigenvalue weighted by atomic mass is 10.3. The smallest absolute Gasteiger partial charge is 0.272 e. The van der Waals surface area contributed by atoms with Gasteiger partial charge in [0, 0.05) is 4.47 Å². The maximum atomic E-state index is 11.8. The zero-order chi connectivity index (χ0) is 9.84. The predicted octanol–water partition coefficient (Wildman–Crippen LogP) is 3.86. The van der Waals surface area contributed by atoms with Gasteiger partial charge in [0.15, 0.2) is 0 Å². The molecule has 0 aliphatic rings. The first kappa shape index (κ1) is 10.9. The number of alkyl halides is 2. The summed E-state index contributed by atoms with van der Waals surface area (Å²) in [6.45, 7) is -0.588. The fraction of sp³-hybridized carbons (Fsp3) is 0.250. The van der Waals surface area contributed by atoms with Gasteiger partial charge in [-0.15, -0.1) is 0 Å². The lowest BCUT2D eigenvalue weighted by Crippen LogP contribution is -2.07. The van der Waals surface area contributed by atoms with E-state index in [1.54, 1.807) is 18.2 Å². The lowest BCUT2D eigenvalue weighted by molar-refractivity contribution is 0.0815. The van der Waals surface area contributed by atoms with Gasteiger partial charge in [-0.05, 0) is 44.0 Å². The second-order valence-corrected chi connectivity index (χ2v) is 3.90. The normalized spacial score (nSPS) is 10.5. The number of ether oxygens (including phenoxy) is 1. The van der Waals surface area contributed by atoms with E-state index >= 15 is 0 Å². The molecule has 0 aliphatic carbocycles. The van der Waals surface area contributed by atoms with Crippen LogP contribution in [0.5, 0.6) is 5.75 Å². The zero-order valence-corrected chi connectivity index (χ0v) is 9.61. The molecule has 72 valence electrons. The minimum Gasteiger partial charge on any atom is -0.486 e. The van der Waals surface area contributed by atoms with Crippen LogP contribution >= 0.6 is 31.9 Å². The Hall–Kier alpha value is -0.160. The molecule has 0 spiro atoms. The highest BCUT2D eigenvalue weighted by atomic mass is 79.9. The average molecular weight is 316 g/mol. The van der Waals surface area contributed by atoms with Crippen molar-refractivity contribution in [2.75, 3.05) is 6.61 Å². The predicted molar refractivity (Wildman–Crippen MR) is 53.3 cm³/mol. The van der Waals surface area contributed by atoms with E-state index in [0.717, 1.165) is 4.47 Å². The van der Waals surface area contributed by atoms with Crippen molar-refractivity contribution in [3.05, 3.63) is 27.1 Å². The van der Waals surface area contributed by atoms with Gasteiger partial charge < -0.3 is 4.74 Å². The lowest BCUT2D eigenvalue weighted by Gasteiger charge is -2.07. The van der Waals surface area contributed by atoms with Gasteiger partial charge in [-0.1, -0.05) is 6.07 Å². The molecule has 0 fully saturated rings. The molecule has 1 aromatic carbocycles. The monoisotopic (exact) mass is 314 g/mol. The van der Waals surface area contributed by atoms with E-state index in [4.69, 9.17) is 4.74 Å². The molecular weight excluding hydrogens is 310 g/mol. The van der Waals surface area contributed by atoms with Gasteiger partial charge in [-0.3, -0.25) is 0 Å². The number of halogens is 4. The summed E-state index contributed by atoms with van der Waals surface area (Å²) in [5.41, 5.74) is 0. The average Bonchev–Trinajstić information content (AvgIpc) is 2.07. The first-order chi connectivity index (χ1) is 6.11. The molecule has 0 saturated heterocycles. The summed E-state index contributed by atoms with van der Waals surface area (Å²) in [6.07, 6.45) is -2.45. The third kappa shape index (κ3) is 3.23. The van der Waals surface area contributed by atoms with E-state index < -0.39 is 13.0 Å². The summed E-state index contributed by atoms with van der Waals surface area (Å²) in [7, 11) is 0. The maximum absolute atomic E-state index is 11.8. The quantitative estimate of drug-likeness (QED) is 0.823. The summed E-state index contributed by atoms with van der Waals surface area (Å²) in [6, 6.07) is 5.13. The second kappa shape index (κ2) is 4.91. The Morgan fingerprint density at radius 2 is 2.00 bits per heavy atom. The van der Waals surface area contributed by atoms with Crippen LogP contribution in [-0.2, 0) is 0 Å². The van der Waals surface area contributed by atoms with Gasteiger partial charge in [-0.2, -0.15) is 0 Å². The van der Waals surface area contributed by atoms with Crippen LogP contribution in [0.3, 0.4) is 0 Å². The van der Waals surface area contributed by atoms with Crippen LogP contribution < -0.4 is 4.74 Å². The molecule has 13 heavy (non-hydrogen) atoms. The van der Waals surface area contributed by atoms with Crippen molar-refractivity contribution in [3.63, 3.8) is 0 Å². The minimum atomic E-state index is -2.45. The van der Waals surface area contributed by atoms with Crippen molar-refractivity contribution in [2.24, 2.45) is 0 Å². The van der Waals surface area contributed by atoms with Gasteiger partial charge in [0.1, 0.15) is 12.4 Å². The number of hydrogen-bond donors (Lipinski definition) is 0. The zero-order valence-electron chi connectivity index (χ0n) is 6.44. The van der Waals surface area contributed by atoms with Crippen LogP contribution in [0.2, 0.25) is 0 Å². The number of hydrogen-bond acceptors (Lipinski definition) is 1. The van der Waals surface area contributed by atoms with Crippen LogP contribution in [0.15, 0.2) is 27.1 Å². The van der Waals surface area contributed by atoms with Crippen molar-refractivity contribution in [1.29, 1.82) is 0 Å². The molecule has 0 bridgehead atoms. The van der Waals surface area contributed by atoms with E-state index in [0.29, 0.717) is 10.2 Å². The maximum Gasteiger partial charge on any atom is 0.272 e. The Morgan fingerprint density at radius 1 is 1.31 bits per heavy atom. The topological polar surface area (TPSA) is 9.23 Å². The van der Waals surface area contributed by atoms with Gasteiger partial charge >= 0.3 is 0 Å². The fourth-order valence-electron chi connectivity index (χ4n) is 0.748. The summed E-state index contributed by atoms with van der Waals surface area (Å²) in [4.78, 5) is 0. The standard InChI is InChI=1S/C8H6Br2F2O/c9-5-2-1-3-6(8(5)10)13-4-7(11)12/h1-3,7H,4H2. The van der Waals surface area contributed by atoms with Gasteiger partial charge in [-0.25, -0.2) is 8.78 Å². The van der Waals surface area contributed by atoms with Crippen LogP contribution in [0.1, 0.15) is 0 Å². The molecule has 1 aromatic rings. The summed E-state index contributed by atoms with van der Waals surface area (Å²) in [5.74, 6) is 0.412. The minimum absolute atomic E-state index is 0.412. The fourth-order valence-corrected chi connectivity index (χ4v) is 1.48. The van der Waals surface area contributed by atoms with E-state index in [-0.39, 0.29) is 0 Å². The van der Waals surface area contributed by atoms with E-state index in [9.17, 15) is 8.78 Å². The molecule has 0 radical (unpaired) electrons. The molecule has 0 amide bonds. The van der Waals surface area contributed by atoms with E-state index in [2.05, 4.69) is 31.9 Å². The molecule has 0 saturated carbocycles. The molecule has 0 aromatic heterocycles. The highest BCUT2D eigenvalue weighted by Crippen LogP contribution is 2.32. The Bertz CT molecular complexity index is 291. The summed E-state index contributed by atoms with van der Waals surface area (Å²) < 4.78 is 29.9. The largest absolute Gasteiger partial charge is 0.486 e. The highest BCUT2D eigenvalue weighted by Gasteiger charge is 2.07. The number of rotatable bonds is 3. The molecule has 1 rings (SSSR count). The Balaban J connectivity index is 2.71. The SMILES string of the molecule is FC(F)COc1cccc(Br)c1Br. The van der Waals surface area contributed by atoms with Crippen molar-refractivity contribution in [3.8, 4) is 5.75 Å². The highest BCUT2D eigenvalue weighted by molar-refractivity contribution is 9.13. The van der Waals surface area contributed by atoms with Gasteiger partial charge in [0.25, 0.3) is 6.43 Å². The van der Waals surface area contributed by atoms with E-state index in [1.165, 1.54) is 0 Å². The second-order valence-electron chi connectivity index (χ2n) is 2.25. The van der Waals surface area contributed by atoms with Crippen molar-refractivity contribution in [1.82, 2.24) is 0 Å². The van der Waals surface area contributed by atoms with Crippen molar-refractivity contribution < 1.29 is 13.5 Å². The van der Waals surface area contributed by atoms with Crippen LogP contribution in [0, 0.1) is 0 Å². The van der Waals surface area contributed by atoms with Crippen LogP contribution in [0.4, 0.5) is 8.78 Å². The Kier molecular flexibility index (Phi) is 4.12. The van der Waals surface area contributed by atoms with Crippen LogP contribution in [0.25, 0.3) is 0 Å². The van der Waals surface area contributed by atoms with Gasteiger partial charge in [0.2, 0.25) is 0 Å². The third-order valence-corrected chi connectivity index (χ3v) is 3.29. The molecule has 0 heterocycles. The molecular formula is C8H6Br2F2O. The first-order valence-corrected chi connectivity index (χ1v) is 5.05. The Morgan fingerprint density at radius 3 is 2.62 bits per heavy atom. The Labute approximate surface area is 91.3 Å². The summed E-state index contributed by atoms with van der Waals surface area (Å²) in [5, 5.41) is 0. The van der Waals surface area contributed by atoms with Gasteiger partial charge in [0.05, 0.1) is 4.47 Å². The number of benzene rings is 1. The molecule has 5 heteroatoms. The molecule has 0 unspecified atom stereocenters. The summed E-state index contributed by atoms with van der Waals surface area (Å²) >= 11 is 6.45. The molecule has 0 N–H and O–H groups in total. The third-order valence-electron chi connectivity index (χ3n) is 1.28. The van der Waals surface area contributed by atoms with Crippen LogP contribution in [-0.4, -0.2) is 13.0 Å².